The summed E-state index contributed by atoms with van der Waals surface area (Å²) in [6, 6.07) is 11.4. The van der Waals surface area contributed by atoms with Gasteiger partial charge in [0.15, 0.2) is 0 Å². The maximum Gasteiger partial charge on any atom is 0.461 e. The van der Waals surface area contributed by atoms with Crippen LogP contribution in [-0.2, 0) is 12.0 Å². The largest absolute Gasteiger partial charge is 0.461 e. The normalized spacial score (nSPS) is 16.2. The van der Waals surface area contributed by atoms with Crippen molar-refractivity contribution in [1.82, 2.24) is 15.6 Å². The Kier molecular flexibility index (Phi) is 7.90. The van der Waals surface area contributed by atoms with Gasteiger partial charge in [-0.2, -0.15) is 30.7 Å². The van der Waals surface area contributed by atoms with Crippen LogP contribution in [0.1, 0.15) is 29.7 Å². The minimum Gasteiger partial charge on any atom is -0.428 e. The molecule has 0 saturated heterocycles. The number of carbonyl (C=O) groups excluding carboxylic acids is 1. The van der Waals surface area contributed by atoms with Gasteiger partial charge in [-0.05, 0) is 48.2 Å². The van der Waals surface area contributed by atoms with Crippen LogP contribution in [0.3, 0.4) is 0 Å². The van der Waals surface area contributed by atoms with Crippen LogP contribution in [-0.4, -0.2) is 35.3 Å². The fourth-order valence-electron chi connectivity index (χ4n) is 4.17. The van der Waals surface area contributed by atoms with E-state index in [1.54, 1.807) is 30.3 Å². The number of pyridine rings is 1. The number of urea groups is 1. The highest BCUT2D eigenvalue weighted by molar-refractivity contribution is 6.30. The number of nitrogens with zero attached hydrogens (tertiary/aromatic N) is 1. The average Bonchev–Trinajstić information content (AvgIpc) is 3.64. The van der Waals surface area contributed by atoms with E-state index in [4.69, 9.17) is 11.6 Å². The molecule has 0 unspecified atom stereocenters. The first-order valence-corrected chi connectivity index (χ1v) is 12.0. The lowest BCUT2D eigenvalue weighted by molar-refractivity contribution is -0.253. The fourth-order valence-corrected chi connectivity index (χ4v) is 4.28. The van der Waals surface area contributed by atoms with Crippen LogP contribution in [0.25, 0.3) is 0 Å². The van der Waals surface area contributed by atoms with Crippen molar-refractivity contribution >= 4 is 17.6 Å². The summed E-state index contributed by atoms with van der Waals surface area (Å²) in [5, 5.41) is 4.47. The summed E-state index contributed by atoms with van der Waals surface area (Å²) in [5.74, 6) is -2.25. The Hall–Kier alpha value is -3.61. The number of hydrogen-bond donors (Lipinski definition) is 2. The summed E-state index contributed by atoms with van der Waals surface area (Å²) in [4.78, 5) is 17.3. The van der Waals surface area contributed by atoms with Crippen molar-refractivity contribution in [1.29, 1.82) is 0 Å². The molecule has 1 saturated carbocycles. The molecule has 0 aliphatic heterocycles. The Labute approximate surface area is 227 Å². The van der Waals surface area contributed by atoms with E-state index in [-0.39, 0.29) is 35.5 Å². The number of ether oxygens (including phenoxy) is 1. The molecule has 3 aromatic rings. The molecule has 1 aliphatic rings. The van der Waals surface area contributed by atoms with Crippen molar-refractivity contribution in [2.45, 2.75) is 49.1 Å². The fraction of sp³-hybridized carbons (Fsp3) is 0.308. The third-order valence-electron chi connectivity index (χ3n) is 6.32. The van der Waals surface area contributed by atoms with E-state index < -0.39 is 47.4 Å². The molecule has 0 radical (unpaired) electrons. The van der Waals surface area contributed by atoms with Gasteiger partial charge in [-0.25, -0.2) is 9.18 Å². The number of benzene rings is 2. The molecule has 14 heteroatoms. The number of halogens is 9. The summed E-state index contributed by atoms with van der Waals surface area (Å²) in [6.07, 6.45) is -13.9. The molecular weight excluding hydrogens is 574 g/mol. The molecule has 214 valence electrons. The van der Waals surface area contributed by atoms with Gasteiger partial charge < -0.3 is 15.4 Å². The number of aromatic nitrogens is 1. The second-order valence-corrected chi connectivity index (χ2v) is 9.66. The monoisotopic (exact) mass is 593 g/mol. The number of hydrogen-bond acceptors (Lipinski definition) is 3. The van der Waals surface area contributed by atoms with Crippen LogP contribution in [0, 0.1) is 5.82 Å². The first kappa shape index (κ1) is 29.4. The highest BCUT2D eigenvalue weighted by Crippen LogP contribution is 2.49. The molecule has 1 aromatic heterocycles. The van der Waals surface area contributed by atoms with Crippen LogP contribution in [0.15, 0.2) is 66.9 Å². The lowest BCUT2D eigenvalue weighted by Crippen LogP contribution is -2.57. The second-order valence-electron chi connectivity index (χ2n) is 9.23. The van der Waals surface area contributed by atoms with E-state index in [2.05, 4.69) is 15.0 Å². The van der Waals surface area contributed by atoms with Gasteiger partial charge in [-0.3, -0.25) is 4.98 Å². The first-order valence-electron chi connectivity index (χ1n) is 11.6. The molecule has 1 aliphatic carbocycles. The molecule has 0 bridgehead atoms. The predicted molar refractivity (Wildman–Crippen MR) is 128 cm³/mol. The standard InChI is InChI=1S/C26H20ClF8N3O2/c27-17-6-7-20(36-14-17)24(13-15-4-2-1-3-5-15,38-22(39)37-23(8-9-23)26(33,34)35)16-10-18(28)12-19(11-16)40-25(31,32)21(29)30/h1-7,10-12,14,21H,8-9,13H2,(H2,37,38,39)/t24-/m0/s1. The molecule has 1 heterocycles. The van der Waals surface area contributed by atoms with Crippen LogP contribution in [0.5, 0.6) is 5.75 Å². The number of alkyl halides is 7. The average molecular weight is 594 g/mol. The van der Waals surface area contributed by atoms with Crippen molar-refractivity contribution in [2.75, 3.05) is 0 Å². The maximum atomic E-state index is 14.8. The van der Waals surface area contributed by atoms with Crippen molar-refractivity contribution in [2.24, 2.45) is 0 Å². The van der Waals surface area contributed by atoms with E-state index in [9.17, 15) is 39.9 Å². The maximum absolute atomic E-state index is 14.8. The minimum atomic E-state index is -5.00. The molecule has 0 spiro atoms. The van der Waals surface area contributed by atoms with Gasteiger partial charge in [-0.1, -0.05) is 41.9 Å². The van der Waals surface area contributed by atoms with Crippen LogP contribution in [0.4, 0.5) is 39.9 Å². The summed E-state index contributed by atoms with van der Waals surface area (Å²) in [5.41, 5.74) is -4.47. The zero-order valence-corrected chi connectivity index (χ0v) is 21.0. The molecule has 2 aromatic carbocycles. The third-order valence-corrected chi connectivity index (χ3v) is 6.54. The zero-order valence-electron chi connectivity index (χ0n) is 20.2. The van der Waals surface area contributed by atoms with Crippen LogP contribution >= 0.6 is 11.6 Å². The van der Waals surface area contributed by atoms with Crippen molar-refractivity contribution in [3.05, 3.63) is 94.5 Å². The number of carbonyl (C=O) groups is 1. The molecule has 2 amide bonds. The first-order chi connectivity index (χ1) is 18.7. The number of amides is 2. The summed E-state index contributed by atoms with van der Waals surface area (Å²) < 4.78 is 113. The van der Waals surface area contributed by atoms with Gasteiger partial charge in [0, 0.05) is 18.7 Å². The van der Waals surface area contributed by atoms with Crippen molar-refractivity contribution in [3.63, 3.8) is 0 Å². The van der Waals surface area contributed by atoms with Gasteiger partial charge in [-0.15, -0.1) is 0 Å². The lowest BCUT2D eigenvalue weighted by atomic mass is 9.80. The molecule has 40 heavy (non-hydrogen) atoms. The third kappa shape index (κ3) is 6.24. The second kappa shape index (κ2) is 10.8. The molecule has 1 atom stereocenters. The lowest BCUT2D eigenvalue weighted by Gasteiger charge is -2.36. The van der Waals surface area contributed by atoms with Crippen LogP contribution in [0.2, 0.25) is 5.02 Å². The molecule has 1 fully saturated rings. The Morgan fingerprint density at radius 1 is 1.02 bits per heavy atom. The molecule has 4 rings (SSSR count). The highest BCUT2D eigenvalue weighted by Gasteiger charge is 2.64. The predicted octanol–water partition coefficient (Wildman–Crippen LogP) is 6.99. The van der Waals surface area contributed by atoms with Gasteiger partial charge >= 0.3 is 24.7 Å². The smallest absolute Gasteiger partial charge is 0.428 e. The van der Waals surface area contributed by atoms with E-state index in [1.807, 2.05) is 5.32 Å². The van der Waals surface area contributed by atoms with E-state index >= 15 is 0 Å². The van der Waals surface area contributed by atoms with Crippen molar-refractivity contribution in [3.8, 4) is 5.75 Å². The van der Waals surface area contributed by atoms with E-state index in [0.717, 1.165) is 18.3 Å². The zero-order chi connectivity index (χ0) is 29.3. The Morgan fingerprint density at radius 2 is 1.70 bits per heavy atom. The van der Waals surface area contributed by atoms with Crippen molar-refractivity contribution < 1.29 is 44.7 Å². The molecule has 2 N–H and O–H groups in total. The van der Waals surface area contributed by atoms with Gasteiger partial charge in [0.2, 0.25) is 0 Å². The van der Waals surface area contributed by atoms with E-state index in [0.29, 0.717) is 11.6 Å². The van der Waals surface area contributed by atoms with Gasteiger partial charge in [0.05, 0.1) is 10.7 Å². The SMILES string of the molecule is O=C(NC1(C(F)(F)F)CC1)N[C@@](Cc1ccccc1)(c1cc(F)cc(OC(F)(F)C(F)F)c1)c1ccc(Cl)cn1. The highest BCUT2D eigenvalue weighted by atomic mass is 35.5. The molecule has 5 nitrogen and oxygen atoms in total. The summed E-state index contributed by atoms with van der Waals surface area (Å²) >= 11 is 5.95. The number of rotatable bonds is 9. The van der Waals surface area contributed by atoms with Gasteiger partial charge in [0.1, 0.15) is 22.6 Å². The van der Waals surface area contributed by atoms with Gasteiger partial charge in [0.25, 0.3) is 0 Å². The minimum absolute atomic E-state index is 0.0788. The van der Waals surface area contributed by atoms with E-state index in [1.165, 1.54) is 12.1 Å². The summed E-state index contributed by atoms with van der Waals surface area (Å²) in [6.45, 7) is 0. The number of nitrogens with one attached hydrogen (secondary N) is 2. The topological polar surface area (TPSA) is 63.2 Å². The summed E-state index contributed by atoms with van der Waals surface area (Å²) in [7, 11) is 0. The Balaban J connectivity index is 1.88. The quantitative estimate of drug-likeness (QED) is 0.263. The van der Waals surface area contributed by atoms with Crippen LogP contribution < -0.4 is 15.4 Å². The Morgan fingerprint density at radius 3 is 2.25 bits per heavy atom. The molecular formula is C26H20ClF8N3O2. The Bertz CT molecular complexity index is 1350.